The first-order valence-corrected chi connectivity index (χ1v) is 10.9. The van der Waals surface area contributed by atoms with Gasteiger partial charge in [0.15, 0.2) is 0 Å². The van der Waals surface area contributed by atoms with Gasteiger partial charge in [0.1, 0.15) is 0 Å². The molecule has 0 bridgehead atoms. The van der Waals surface area contributed by atoms with Gasteiger partial charge in [-0.3, -0.25) is 9.59 Å². The molecule has 0 aliphatic carbocycles. The van der Waals surface area contributed by atoms with E-state index in [-0.39, 0.29) is 11.8 Å². The zero-order chi connectivity index (χ0) is 21.6. The highest BCUT2D eigenvalue weighted by Crippen LogP contribution is 2.00. The second-order valence-corrected chi connectivity index (χ2v) is 7.42. The monoisotopic (exact) mass is 402 g/mol. The van der Waals surface area contributed by atoms with Gasteiger partial charge in [-0.05, 0) is 12.8 Å². The molecule has 0 aromatic rings. The van der Waals surface area contributed by atoms with Crippen LogP contribution in [0.3, 0.4) is 0 Å². The van der Waals surface area contributed by atoms with Crippen LogP contribution in [0.5, 0.6) is 0 Å². The maximum atomic E-state index is 11.1. The number of ether oxygens (including phenoxy) is 2. The Morgan fingerprint density at radius 1 is 0.571 bits per heavy atom. The van der Waals surface area contributed by atoms with Gasteiger partial charge in [-0.1, -0.05) is 52.4 Å². The zero-order valence-electron chi connectivity index (χ0n) is 19.4. The molecule has 0 aliphatic rings. The molecule has 0 rings (SSSR count). The number of nitrogens with zero attached hydrogens (tertiary/aromatic N) is 2. The Labute approximate surface area is 173 Å². The van der Waals surface area contributed by atoms with Crippen molar-refractivity contribution in [1.29, 1.82) is 0 Å². The van der Waals surface area contributed by atoms with Crippen molar-refractivity contribution in [2.45, 2.75) is 78.1 Å². The van der Waals surface area contributed by atoms with Gasteiger partial charge in [0.05, 0.1) is 26.1 Å². The highest BCUT2D eigenvalue weighted by Gasteiger charge is 2.03. The number of amides is 2. The van der Waals surface area contributed by atoms with Crippen LogP contribution < -0.4 is 0 Å². The molecule has 0 saturated carbocycles. The van der Waals surface area contributed by atoms with Crippen LogP contribution in [0, 0.1) is 0 Å². The Morgan fingerprint density at radius 3 is 1.21 bits per heavy atom. The first kappa shape index (κ1) is 29.1. The SMILES string of the molecule is CCCCCCOCCC(=O)N(C)C.CCCCCCOCCC(=O)N(C)C. The third kappa shape index (κ3) is 22.9. The van der Waals surface area contributed by atoms with Crippen LogP contribution in [0.4, 0.5) is 0 Å². The molecule has 6 heteroatoms. The molecule has 0 heterocycles. The topological polar surface area (TPSA) is 59.1 Å². The lowest BCUT2D eigenvalue weighted by molar-refractivity contribution is -0.130. The summed E-state index contributed by atoms with van der Waals surface area (Å²) in [6.07, 6.45) is 10.8. The van der Waals surface area contributed by atoms with E-state index in [9.17, 15) is 9.59 Å². The van der Waals surface area contributed by atoms with Crippen molar-refractivity contribution >= 4 is 11.8 Å². The van der Waals surface area contributed by atoms with Gasteiger partial charge in [-0.15, -0.1) is 0 Å². The molecule has 28 heavy (non-hydrogen) atoms. The third-order valence-electron chi connectivity index (χ3n) is 4.20. The Kier molecular flexibility index (Phi) is 23.0. The van der Waals surface area contributed by atoms with Gasteiger partial charge in [0, 0.05) is 41.4 Å². The molecule has 168 valence electrons. The van der Waals surface area contributed by atoms with E-state index in [2.05, 4.69) is 13.8 Å². The van der Waals surface area contributed by atoms with Crippen molar-refractivity contribution in [3.63, 3.8) is 0 Å². The summed E-state index contributed by atoms with van der Waals surface area (Å²) in [6.45, 7) is 7.08. The second-order valence-electron chi connectivity index (χ2n) is 7.42. The molecule has 6 nitrogen and oxygen atoms in total. The van der Waals surface area contributed by atoms with Gasteiger partial charge in [-0.25, -0.2) is 0 Å². The summed E-state index contributed by atoms with van der Waals surface area (Å²) < 4.78 is 10.7. The lowest BCUT2D eigenvalue weighted by Gasteiger charge is -2.09. The summed E-state index contributed by atoms with van der Waals surface area (Å²) in [5.74, 6) is 0.275. The first-order chi connectivity index (χ1) is 13.4. The molecule has 0 aromatic heterocycles. The van der Waals surface area contributed by atoms with Crippen LogP contribution in [-0.2, 0) is 19.1 Å². The third-order valence-corrected chi connectivity index (χ3v) is 4.20. The fourth-order valence-electron chi connectivity index (χ4n) is 2.23. The lowest BCUT2D eigenvalue weighted by Crippen LogP contribution is -2.22. The van der Waals surface area contributed by atoms with Crippen LogP contribution in [0.25, 0.3) is 0 Å². The highest BCUT2D eigenvalue weighted by atomic mass is 16.5. The molecule has 0 fully saturated rings. The number of hydrogen-bond donors (Lipinski definition) is 0. The normalized spacial score (nSPS) is 10.2. The number of unbranched alkanes of at least 4 members (excludes halogenated alkanes) is 6. The molecule has 0 unspecified atom stereocenters. The smallest absolute Gasteiger partial charge is 0.224 e. The van der Waals surface area contributed by atoms with Crippen LogP contribution >= 0.6 is 0 Å². The van der Waals surface area contributed by atoms with Crippen molar-refractivity contribution in [2.24, 2.45) is 0 Å². The van der Waals surface area contributed by atoms with Gasteiger partial charge < -0.3 is 19.3 Å². The van der Waals surface area contributed by atoms with Gasteiger partial charge in [-0.2, -0.15) is 0 Å². The fourth-order valence-corrected chi connectivity index (χ4v) is 2.23. The number of carbonyl (C=O) groups excluding carboxylic acids is 2. The standard InChI is InChI=1S/2C11H23NO2/c2*1-4-5-6-7-9-14-10-8-11(13)12(2)3/h2*4-10H2,1-3H3. The molecule has 2 amide bonds. The van der Waals surface area contributed by atoms with Crippen LogP contribution in [0.2, 0.25) is 0 Å². The predicted molar refractivity (Wildman–Crippen MR) is 117 cm³/mol. The van der Waals surface area contributed by atoms with E-state index in [4.69, 9.17) is 9.47 Å². The van der Waals surface area contributed by atoms with Gasteiger partial charge >= 0.3 is 0 Å². The average molecular weight is 403 g/mol. The minimum absolute atomic E-state index is 0.138. The lowest BCUT2D eigenvalue weighted by atomic mass is 10.2. The van der Waals surface area contributed by atoms with Crippen molar-refractivity contribution in [1.82, 2.24) is 9.80 Å². The molecular weight excluding hydrogens is 356 g/mol. The Morgan fingerprint density at radius 2 is 0.929 bits per heavy atom. The Balaban J connectivity index is 0. The van der Waals surface area contributed by atoms with Crippen LogP contribution in [0.15, 0.2) is 0 Å². The number of carbonyl (C=O) groups is 2. The molecule has 0 saturated heterocycles. The Bertz CT molecular complexity index is 326. The van der Waals surface area contributed by atoms with Crippen LogP contribution in [0.1, 0.15) is 78.1 Å². The van der Waals surface area contributed by atoms with E-state index in [1.54, 1.807) is 38.0 Å². The number of rotatable bonds is 16. The summed E-state index contributed by atoms with van der Waals surface area (Å²) in [4.78, 5) is 25.4. The first-order valence-electron chi connectivity index (χ1n) is 10.9. The van der Waals surface area contributed by atoms with Crippen molar-refractivity contribution in [3.05, 3.63) is 0 Å². The zero-order valence-corrected chi connectivity index (χ0v) is 19.4. The fraction of sp³-hybridized carbons (Fsp3) is 0.909. The molecule has 0 N–H and O–H groups in total. The van der Waals surface area contributed by atoms with E-state index >= 15 is 0 Å². The van der Waals surface area contributed by atoms with Gasteiger partial charge in [0.2, 0.25) is 11.8 Å². The molecule has 0 aromatic carbocycles. The minimum atomic E-state index is 0.138. The minimum Gasteiger partial charge on any atom is -0.381 e. The quantitative estimate of drug-likeness (QED) is 0.364. The van der Waals surface area contributed by atoms with Crippen LogP contribution in [-0.4, -0.2) is 76.2 Å². The summed E-state index contributed by atoms with van der Waals surface area (Å²) in [5, 5.41) is 0. The summed E-state index contributed by atoms with van der Waals surface area (Å²) in [7, 11) is 7.07. The summed E-state index contributed by atoms with van der Waals surface area (Å²) in [5.41, 5.74) is 0. The average Bonchev–Trinajstić information content (AvgIpc) is 2.66. The van der Waals surface area contributed by atoms with E-state index in [0.717, 1.165) is 26.1 Å². The maximum Gasteiger partial charge on any atom is 0.224 e. The highest BCUT2D eigenvalue weighted by molar-refractivity contribution is 5.75. The van der Waals surface area contributed by atoms with E-state index in [1.165, 1.54) is 38.5 Å². The molecular formula is C22H46N2O4. The molecule has 0 radical (unpaired) electrons. The predicted octanol–water partition coefficient (Wildman–Crippen LogP) is 4.12. The van der Waals surface area contributed by atoms with E-state index in [1.807, 2.05) is 0 Å². The van der Waals surface area contributed by atoms with E-state index in [0.29, 0.717) is 26.1 Å². The maximum absolute atomic E-state index is 11.1. The summed E-state index contributed by atoms with van der Waals surface area (Å²) >= 11 is 0. The largest absolute Gasteiger partial charge is 0.381 e. The number of hydrogen-bond acceptors (Lipinski definition) is 4. The van der Waals surface area contributed by atoms with Gasteiger partial charge in [0.25, 0.3) is 0 Å². The summed E-state index contributed by atoms with van der Waals surface area (Å²) in [6, 6.07) is 0. The molecule has 0 atom stereocenters. The van der Waals surface area contributed by atoms with Crippen molar-refractivity contribution < 1.29 is 19.1 Å². The van der Waals surface area contributed by atoms with Crippen molar-refractivity contribution in [3.8, 4) is 0 Å². The Hall–Kier alpha value is -1.14. The van der Waals surface area contributed by atoms with Crippen molar-refractivity contribution in [2.75, 3.05) is 54.6 Å². The van der Waals surface area contributed by atoms with E-state index < -0.39 is 0 Å². The molecule has 0 aliphatic heterocycles. The second kappa shape index (κ2) is 22.2. The molecule has 0 spiro atoms.